The summed E-state index contributed by atoms with van der Waals surface area (Å²) >= 11 is 0. The zero-order valence-corrected chi connectivity index (χ0v) is 14.6. The molecular formula is C20H22N4O. The molecule has 128 valence electrons. The number of amides is 1. The zero-order valence-electron chi connectivity index (χ0n) is 14.6. The van der Waals surface area contributed by atoms with Crippen molar-refractivity contribution in [2.75, 3.05) is 0 Å². The zero-order chi connectivity index (χ0) is 17.6. The monoisotopic (exact) mass is 334 g/mol. The van der Waals surface area contributed by atoms with Crippen LogP contribution in [0.2, 0.25) is 0 Å². The van der Waals surface area contributed by atoms with E-state index in [1.807, 2.05) is 54.1 Å². The number of pyridine rings is 1. The molecule has 0 aliphatic carbocycles. The van der Waals surface area contributed by atoms with Crippen molar-refractivity contribution < 1.29 is 4.79 Å². The number of rotatable bonds is 6. The Hall–Kier alpha value is -2.95. The van der Waals surface area contributed by atoms with Crippen molar-refractivity contribution in [3.63, 3.8) is 0 Å². The highest BCUT2D eigenvalue weighted by Gasteiger charge is 2.22. The van der Waals surface area contributed by atoms with E-state index in [9.17, 15) is 4.79 Å². The van der Waals surface area contributed by atoms with Crippen molar-refractivity contribution in [2.45, 2.75) is 33.2 Å². The molecule has 0 aliphatic heterocycles. The van der Waals surface area contributed by atoms with Crippen LogP contribution in [0.5, 0.6) is 0 Å². The molecule has 5 heteroatoms. The number of carbonyl (C=O) groups excluding carboxylic acids is 1. The molecule has 1 aromatic carbocycles. The summed E-state index contributed by atoms with van der Waals surface area (Å²) < 4.78 is 1.89. The molecule has 3 aromatic rings. The van der Waals surface area contributed by atoms with Crippen LogP contribution >= 0.6 is 0 Å². The molecule has 25 heavy (non-hydrogen) atoms. The largest absolute Gasteiger partial charge is 0.348 e. The van der Waals surface area contributed by atoms with Crippen molar-refractivity contribution in [1.82, 2.24) is 20.1 Å². The maximum Gasteiger partial charge on any atom is 0.255 e. The number of aryl methyl sites for hydroxylation is 1. The standard InChI is InChI=1S/C20H22N4O/c1-3-17-19(20(25)22-14-15-10-12-21-13-11-15)18(4-2)24(23-17)16-8-6-5-7-9-16/h5-13H,3-4,14H2,1-2H3,(H,22,25). The third-order valence-corrected chi connectivity index (χ3v) is 4.15. The fourth-order valence-electron chi connectivity index (χ4n) is 2.89. The van der Waals surface area contributed by atoms with Crippen molar-refractivity contribution in [2.24, 2.45) is 0 Å². The van der Waals surface area contributed by atoms with Crippen LogP contribution in [-0.4, -0.2) is 20.7 Å². The SMILES string of the molecule is CCc1nn(-c2ccccc2)c(CC)c1C(=O)NCc1ccncc1. The summed E-state index contributed by atoms with van der Waals surface area (Å²) in [5.74, 6) is -0.0762. The van der Waals surface area contributed by atoms with Crippen molar-refractivity contribution in [1.29, 1.82) is 0 Å². The third-order valence-electron chi connectivity index (χ3n) is 4.15. The van der Waals surface area contributed by atoms with Crippen molar-refractivity contribution in [3.8, 4) is 5.69 Å². The average Bonchev–Trinajstić information content (AvgIpc) is 3.06. The Morgan fingerprint density at radius 3 is 2.40 bits per heavy atom. The third kappa shape index (κ3) is 3.60. The molecule has 2 aromatic heterocycles. The summed E-state index contributed by atoms with van der Waals surface area (Å²) in [5.41, 5.74) is 4.46. The van der Waals surface area contributed by atoms with E-state index in [0.717, 1.165) is 29.1 Å². The molecule has 1 N–H and O–H groups in total. The number of hydrogen-bond donors (Lipinski definition) is 1. The van der Waals surface area contributed by atoms with Gasteiger partial charge in [-0.15, -0.1) is 0 Å². The highest BCUT2D eigenvalue weighted by Crippen LogP contribution is 2.20. The Balaban J connectivity index is 1.92. The average molecular weight is 334 g/mol. The number of nitrogens with one attached hydrogen (secondary N) is 1. The Kier molecular flexibility index (Phi) is 5.23. The lowest BCUT2D eigenvalue weighted by molar-refractivity contribution is 0.0949. The first-order chi connectivity index (χ1) is 12.2. The van der Waals surface area contributed by atoms with Gasteiger partial charge in [0, 0.05) is 18.9 Å². The Morgan fingerprint density at radius 2 is 1.76 bits per heavy atom. The van der Waals surface area contributed by atoms with Gasteiger partial charge in [0.1, 0.15) is 0 Å². The molecular weight excluding hydrogens is 312 g/mol. The highest BCUT2D eigenvalue weighted by atomic mass is 16.1. The summed E-state index contributed by atoms with van der Waals surface area (Å²) in [6.07, 6.45) is 4.90. The molecule has 0 spiro atoms. The minimum Gasteiger partial charge on any atom is -0.348 e. The summed E-state index contributed by atoms with van der Waals surface area (Å²) in [7, 11) is 0. The van der Waals surface area contributed by atoms with Gasteiger partial charge >= 0.3 is 0 Å². The Morgan fingerprint density at radius 1 is 1.04 bits per heavy atom. The lowest BCUT2D eigenvalue weighted by Crippen LogP contribution is -2.24. The smallest absolute Gasteiger partial charge is 0.255 e. The van der Waals surface area contributed by atoms with E-state index in [0.29, 0.717) is 18.5 Å². The topological polar surface area (TPSA) is 59.8 Å². The number of hydrogen-bond acceptors (Lipinski definition) is 3. The molecule has 0 radical (unpaired) electrons. The molecule has 5 nitrogen and oxygen atoms in total. The number of nitrogens with zero attached hydrogens (tertiary/aromatic N) is 3. The molecule has 0 bridgehead atoms. The molecule has 3 rings (SSSR count). The van der Waals surface area contributed by atoms with E-state index in [1.54, 1.807) is 12.4 Å². The molecule has 0 unspecified atom stereocenters. The summed E-state index contributed by atoms with van der Waals surface area (Å²) in [5, 5.41) is 7.70. The van der Waals surface area contributed by atoms with Crippen LogP contribution in [0.1, 0.15) is 41.2 Å². The van der Waals surface area contributed by atoms with Gasteiger partial charge in [0.25, 0.3) is 5.91 Å². The first-order valence-electron chi connectivity index (χ1n) is 8.57. The van der Waals surface area contributed by atoms with Crippen LogP contribution < -0.4 is 5.32 Å². The van der Waals surface area contributed by atoms with Crippen LogP contribution in [-0.2, 0) is 19.4 Å². The quantitative estimate of drug-likeness (QED) is 0.752. The van der Waals surface area contributed by atoms with Gasteiger partial charge in [-0.25, -0.2) is 4.68 Å². The van der Waals surface area contributed by atoms with Crippen LogP contribution in [0.15, 0.2) is 54.9 Å². The number of aromatic nitrogens is 3. The molecule has 0 aliphatic rings. The second-order valence-corrected chi connectivity index (χ2v) is 5.76. The van der Waals surface area contributed by atoms with Gasteiger partial charge < -0.3 is 5.32 Å². The maximum atomic E-state index is 12.8. The normalized spacial score (nSPS) is 10.6. The molecule has 0 atom stereocenters. The summed E-state index contributed by atoms with van der Waals surface area (Å²) in [6.45, 7) is 4.55. The highest BCUT2D eigenvalue weighted by molar-refractivity contribution is 5.96. The van der Waals surface area contributed by atoms with E-state index in [1.165, 1.54) is 0 Å². The fourth-order valence-corrected chi connectivity index (χ4v) is 2.89. The van der Waals surface area contributed by atoms with Crippen molar-refractivity contribution >= 4 is 5.91 Å². The number of benzene rings is 1. The van der Waals surface area contributed by atoms with E-state index < -0.39 is 0 Å². The van der Waals surface area contributed by atoms with E-state index >= 15 is 0 Å². The first-order valence-corrected chi connectivity index (χ1v) is 8.57. The molecule has 0 saturated carbocycles. The maximum absolute atomic E-state index is 12.8. The van der Waals surface area contributed by atoms with Crippen LogP contribution in [0, 0.1) is 0 Å². The Labute approximate surface area is 147 Å². The van der Waals surface area contributed by atoms with E-state index in [-0.39, 0.29) is 5.91 Å². The molecule has 1 amide bonds. The second kappa shape index (κ2) is 7.75. The van der Waals surface area contributed by atoms with Crippen LogP contribution in [0.4, 0.5) is 0 Å². The molecule has 0 saturated heterocycles. The first kappa shape index (κ1) is 16.9. The Bertz CT molecular complexity index is 841. The lowest BCUT2D eigenvalue weighted by Gasteiger charge is -2.09. The fraction of sp³-hybridized carbons (Fsp3) is 0.250. The number of carbonyl (C=O) groups is 1. The van der Waals surface area contributed by atoms with Gasteiger partial charge in [-0.2, -0.15) is 5.10 Å². The molecule has 0 fully saturated rings. The van der Waals surface area contributed by atoms with Gasteiger partial charge in [0.15, 0.2) is 0 Å². The lowest BCUT2D eigenvalue weighted by atomic mass is 10.1. The van der Waals surface area contributed by atoms with Crippen LogP contribution in [0.25, 0.3) is 5.69 Å². The van der Waals surface area contributed by atoms with Gasteiger partial charge in [-0.1, -0.05) is 32.0 Å². The predicted octanol–water partition coefficient (Wildman–Crippen LogP) is 3.32. The van der Waals surface area contributed by atoms with Crippen LogP contribution in [0.3, 0.4) is 0 Å². The van der Waals surface area contributed by atoms with Gasteiger partial charge in [-0.3, -0.25) is 9.78 Å². The second-order valence-electron chi connectivity index (χ2n) is 5.76. The van der Waals surface area contributed by atoms with Gasteiger partial charge in [0.05, 0.1) is 22.6 Å². The minimum absolute atomic E-state index is 0.0762. The van der Waals surface area contributed by atoms with Gasteiger partial charge in [0.2, 0.25) is 0 Å². The van der Waals surface area contributed by atoms with Crippen molar-refractivity contribution in [3.05, 3.63) is 77.4 Å². The molecule has 2 heterocycles. The number of para-hydroxylation sites is 1. The van der Waals surface area contributed by atoms with E-state index in [4.69, 9.17) is 5.10 Å². The summed E-state index contributed by atoms with van der Waals surface area (Å²) in [6, 6.07) is 13.7. The van der Waals surface area contributed by atoms with E-state index in [2.05, 4.69) is 17.2 Å². The minimum atomic E-state index is -0.0762. The summed E-state index contributed by atoms with van der Waals surface area (Å²) in [4.78, 5) is 16.8. The predicted molar refractivity (Wildman–Crippen MR) is 97.7 cm³/mol. The van der Waals surface area contributed by atoms with Gasteiger partial charge in [-0.05, 0) is 42.7 Å².